The highest BCUT2D eigenvalue weighted by atomic mass is 16.2. The molecule has 0 atom stereocenters. The van der Waals surface area contributed by atoms with Gasteiger partial charge in [-0.15, -0.1) is 0 Å². The van der Waals surface area contributed by atoms with Crippen molar-refractivity contribution in [3.63, 3.8) is 0 Å². The molecule has 1 aliphatic carbocycles. The van der Waals surface area contributed by atoms with E-state index in [0.29, 0.717) is 24.6 Å². The summed E-state index contributed by atoms with van der Waals surface area (Å²) in [4.78, 5) is 29.4. The normalized spacial score (nSPS) is 17.6. The van der Waals surface area contributed by atoms with Crippen LogP contribution in [0.15, 0.2) is 30.3 Å². The fraction of sp³-hybridized carbons (Fsp3) is 0.560. The lowest BCUT2D eigenvalue weighted by atomic mass is 10.1. The zero-order valence-corrected chi connectivity index (χ0v) is 19.3. The van der Waals surface area contributed by atoms with Crippen molar-refractivity contribution in [2.75, 3.05) is 39.3 Å². The van der Waals surface area contributed by atoms with E-state index >= 15 is 0 Å². The van der Waals surface area contributed by atoms with Crippen molar-refractivity contribution < 1.29 is 9.59 Å². The number of nitrogens with zero attached hydrogens (tertiary/aromatic N) is 4. The van der Waals surface area contributed by atoms with Crippen molar-refractivity contribution in [1.29, 1.82) is 0 Å². The average molecular weight is 438 g/mol. The lowest BCUT2D eigenvalue weighted by molar-refractivity contribution is -0.137. The first-order valence-electron chi connectivity index (χ1n) is 11.9. The molecule has 1 saturated heterocycles. The van der Waals surface area contributed by atoms with Gasteiger partial charge in [0, 0.05) is 56.4 Å². The summed E-state index contributed by atoms with van der Waals surface area (Å²) in [5.41, 5.74) is 3.94. The lowest BCUT2D eigenvalue weighted by Gasteiger charge is -2.36. The second-order valence-electron chi connectivity index (χ2n) is 9.19. The standard InChI is InChI=1S/C25H35N5O2/c1-19-17-20(2)30(27-19)18-21-7-9-22(10-8-21)24(31)26-11-12-28-13-15-29(16-14-28)25(32)23-5-3-4-6-23/h7-10,17,23H,3-6,11-16,18H2,1-2H3,(H,26,31). The SMILES string of the molecule is Cc1cc(C)n(Cc2ccc(C(=O)NCCN3CCN(C(=O)C4CCCC4)CC3)cc2)n1. The Morgan fingerprint density at radius 1 is 1.03 bits per heavy atom. The number of benzene rings is 1. The van der Waals surface area contributed by atoms with Crippen LogP contribution < -0.4 is 5.32 Å². The van der Waals surface area contributed by atoms with Crippen LogP contribution in [0.3, 0.4) is 0 Å². The number of aryl methyl sites for hydroxylation is 2. The summed E-state index contributed by atoms with van der Waals surface area (Å²) >= 11 is 0. The maximum absolute atomic E-state index is 12.6. The van der Waals surface area contributed by atoms with Gasteiger partial charge in [-0.2, -0.15) is 5.10 Å². The Kier molecular flexibility index (Phi) is 7.25. The third-order valence-corrected chi connectivity index (χ3v) is 6.75. The Morgan fingerprint density at radius 2 is 1.72 bits per heavy atom. The Labute approximate surface area is 190 Å². The summed E-state index contributed by atoms with van der Waals surface area (Å²) in [6.07, 6.45) is 4.52. The highest BCUT2D eigenvalue weighted by molar-refractivity contribution is 5.94. The van der Waals surface area contributed by atoms with Crippen LogP contribution in [0.25, 0.3) is 0 Å². The van der Waals surface area contributed by atoms with Gasteiger partial charge in [0.2, 0.25) is 5.91 Å². The molecule has 7 nitrogen and oxygen atoms in total. The highest BCUT2D eigenvalue weighted by Gasteiger charge is 2.29. The molecule has 1 aromatic carbocycles. The van der Waals surface area contributed by atoms with E-state index in [-0.39, 0.29) is 11.8 Å². The zero-order chi connectivity index (χ0) is 22.5. The molecule has 1 aromatic heterocycles. The van der Waals surface area contributed by atoms with Crippen LogP contribution >= 0.6 is 0 Å². The number of hydrogen-bond donors (Lipinski definition) is 1. The fourth-order valence-electron chi connectivity index (χ4n) is 4.82. The van der Waals surface area contributed by atoms with Crippen molar-refractivity contribution in [1.82, 2.24) is 24.9 Å². The smallest absolute Gasteiger partial charge is 0.251 e. The number of carbonyl (C=O) groups excluding carboxylic acids is 2. The van der Waals surface area contributed by atoms with E-state index in [4.69, 9.17) is 0 Å². The second kappa shape index (κ2) is 10.3. The van der Waals surface area contributed by atoms with Crippen LogP contribution in [0, 0.1) is 19.8 Å². The molecule has 32 heavy (non-hydrogen) atoms. The number of amides is 2. The van der Waals surface area contributed by atoms with Crippen molar-refractivity contribution >= 4 is 11.8 Å². The summed E-state index contributed by atoms with van der Waals surface area (Å²) in [7, 11) is 0. The van der Waals surface area contributed by atoms with E-state index in [1.165, 1.54) is 12.8 Å². The maximum atomic E-state index is 12.6. The van der Waals surface area contributed by atoms with Crippen LogP contribution in [0.2, 0.25) is 0 Å². The molecular weight excluding hydrogens is 402 g/mol. The monoisotopic (exact) mass is 437 g/mol. The molecule has 2 aliphatic rings. The van der Waals surface area contributed by atoms with E-state index in [0.717, 1.165) is 62.5 Å². The number of hydrogen-bond acceptors (Lipinski definition) is 4. The lowest BCUT2D eigenvalue weighted by Crippen LogP contribution is -2.51. The molecule has 0 spiro atoms. The third-order valence-electron chi connectivity index (χ3n) is 6.75. The van der Waals surface area contributed by atoms with Gasteiger partial charge in [-0.1, -0.05) is 25.0 Å². The number of rotatable bonds is 7. The Hall–Kier alpha value is -2.67. The molecule has 7 heteroatoms. The van der Waals surface area contributed by atoms with Crippen molar-refractivity contribution in [2.24, 2.45) is 5.92 Å². The molecule has 0 unspecified atom stereocenters. The number of carbonyl (C=O) groups is 2. The van der Waals surface area contributed by atoms with E-state index in [2.05, 4.69) is 28.3 Å². The fourth-order valence-corrected chi connectivity index (χ4v) is 4.82. The average Bonchev–Trinajstić information content (AvgIpc) is 3.44. The first kappa shape index (κ1) is 22.5. The van der Waals surface area contributed by atoms with Crippen molar-refractivity contribution in [3.8, 4) is 0 Å². The Balaban J connectivity index is 1.17. The number of piperazine rings is 1. The molecule has 4 rings (SSSR count). The van der Waals surface area contributed by atoms with Gasteiger partial charge >= 0.3 is 0 Å². The van der Waals surface area contributed by atoms with Crippen LogP contribution in [0.1, 0.15) is 53.0 Å². The van der Waals surface area contributed by atoms with Crippen LogP contribution in [0.5, 0.6) is 0 Å². The summed E-state index contributed by atoms with van der Waals surface area (Å²) < 4.78 is 1.98. The van der Waals surface area contributed by atoms with Gasteiger partial charge in [0.25, 0.3) is 5.91 Å². The maximum Gasteiger partial charge on any atom is 0.251 e. The van der Waals surface area contributed by atoms with Crippen molar-refractivity contribution in [2.45, 2.75) is 46.1 Å². The second-order valence-corrected chi connectivity index (χ2v) is 9.19. The van der Waals surface area contributed by atoms with E-state index in [1.54, 1.807) is 0 Å². The largest absolute Gasteiger partial charge is 0.351 e. The van der Waals surface area contributed by atoms with Crippen LogP contribution in [-0.4, -0.2) is 70.7 Å². The van der Waals surface area contributed by atoms with E-state index < -0.39 is 0 Å². The molecule has 2 aromatic rings. The summed E-state index contributed by atoms with van der Waals surface area (Å²) in [6.45, 7) is 9.56. The van der Waals surface area contributed by atoms with Gasteiger partial charge in [-0.25, -0.2) is 0 Å². The minimum atomic E-state index is -0.0438. The first-order valence-corrected chi connectivity index (χ1v) is 11.9. The van der Waals surface area contributed by atoms with Crippen molar-refractivity contribution in [3.05, 3.63) is 52.8 Å². The molecular formula is C25H35N5O2. The Morgan fingerprint density at radius 3 is 2.34 bits per heavy atom. The predicted molar refractivity (Wildman–Crippen MR) is 125 cm³/mol. The summed E-state index contributed by atoms with van der Waals surface area (Å²) in [5.74, 6) is 0.578. The minimum Gasteiger partial charge on any atom is -0.351 e. The number of aromatic nitrogens is 2. The number of nitrogens with one attached hydrogen (secondary N) is 1. The molecule has 1 N–H and O–H groups in total. The first-order chi connectivity index (χ1) is 15.5. The molecule has 2 heterocycles. The molecule has 2 amide bonds. The highest BCUT2D eigenvalue weighted by Crippen LogP contribution is 2.26. The van der Waals surface area contributed by atoms with E-state index in [9.17, 15) is 9.59 Å². The van der Waals surface area contributed by atoms with Gasteiger partial charge < -0.3 is 10.2 Å². The van der Waals surface area contributed by atoms with Gasteiger partial charge in [0.1, 0.15) is 0 Å². The van der Waals surface area contributed by atoms with Gasteiger partial charge in [-0.05, 0) is 50.5 Å². The predicted octanol–water partition coefficient (Wildman–Crippen LogP) is 2.61. The molecule has 1 saturated carbocycles. The zero-order valence-electron chi connectivity index (χ0n) is 19.3. The summed E-state index contributed by atoms with van der Waals surface area (Å²) in [5, 5.41) is 7.52. The Bertz CT molecular complexity index is 922. The van der Waals surface area contributed by atoms with Gasteiger partial charge in [0.15, 0.2) is 0 Å². The van der Waals surface area contributed by atoms with Gasteiger partial charge in [-0.3, -0.25) is 19.2 Å². The third kappa shape index (κ3) is 5.57. The summed E-state index contributed by atoms with van der Waals surface area (Å²) in [6, 6.07) is 9.81. The van der Waals surface area contributed by atoms with Crippen LogP contribution in [-0.2, 0) is 11.3 Å². The molecule has 2 fully saturated rings. The molecule has 1 aliphatic heterocycles. The van der Waals surface area contributed by atoms with Gasteiger partial charge in [0.05, 0.1) is 12.2 Å². The van der Waals surface area contributed by atoms with E-state index in [1.807, 2.05) is 40.8 Å². The molecule has 172 valence electrons. The minimum absolute atomic E-state index is 0.0438. The molecule has 0 radical (unpaired) electrons. The quantitative estimate of drug-likeness (QED) is 0.723. The topological polar surface area (TPSA) is 70.5 Å². The molecule has 0 bridgehead atoms. The van der Waals surface area contributed by atoms with Crippen LogP contribution in [0.4, 0.5) is 0 Å².